The Morgan fingerprint density at radius 1 is 1.25 bits per heavy atom. The second-order valence-corrected chi connectivity index (χ2v) is 8.60. The topological polar surface area (TPSA) is 58.2 Å². The maximum absolute atomic E-state index is 12.1. The van der Waals surface area contributed by atoms with Crippen LogP contribution in [0.4, 0.5) is 0 Å². The molecular formula is C13H24N2O2S3. The van der Waals surface area contributed by atoms with E-state index >= 15 is 0 Å². The molecule has 0 atom stereocenters. The van der Waals surface area contributed by atoms with Crippen molar-refractivity contribution in [1.82, 2.24) is 10.0 Å². The summed E-state index contributed by atoms with van der Waals surface area (Å²) in [4.78, 5) is 1.05. The van der Waals surface area contributed by atoms with Crippen LogP contribution in [0.15, 0.2) is 16.3 Å². The van der Waals surface area contributed by atoms with Gasteiger partial charge in [0.15, 0.2) is 0 Å². The van der Waals surface area contributed by atoms with E-state index in [0.29, 0.717) is 10.8 Å². The second kappa shape index (κ2) is 9.78. The van der Waals surface area contributed by atoms with E-state index in [1.165, 1.54) is 11.3 Å². The summed E-state index contributed by atoms with van der Waals surface area (Å²) in [5, 5.41) is 3.19. The highest BCUT2D eigenvalue weighted by molar-refractivity contribution is 7.98. The lowest BCUT2D eigenvalue weighted by molar-refractivity contribution is 0.578. The van der Waals surface area contributed by atoms with Crippen LogP contribution in [0.25, 0.3) is 0 Å². The first-order valence-electron chi connectivity index (χ1n) is 6.88. The fourth-order valence-corrected chi connectivity index (χ4v) is 4.61. The molecule has 20 heavy (non-hydrogen) atoms. The molecule has 1 aromatic heterocycles. The normalized spacial score (nSPS) is 11.9. The lowest BCUT2D eigenvalue weighted by Gasteiger charge is -2.04. The summed E-state index contributed by atoms with van der Waals surface area (Å²) >= 11 is 3.16. The number of thioether (sulfide) groups is 1. The molecule has 0 amide bonds. The quantitative estimate of drug-likeness (QED) is 0.610. The van der Waals surface area contributed by atoms with Crippen molar-refractivity contribution < 1.29 is 8.42 Å². The van der Waals surface area contributed by atoms with E-state index < -0.39 is 10.0 Å². The number of rotatable bonds is 11. The van der Waals surface area contributed by atoms with Crippen molar-refractivity contribution in [3.05, 3.63) is 17.0 Å². The van der Waals surface area contributed by atoms with Crippen molar-refractivity contribution in [2.24, 2.45) is 0 Å². The van der Waals surface area contributed by atoms with E-state index in [4.69, 9.17) is 0 Å². The highest BCUT2D eigenvalue weighted by atomic mass is 32.2. The Hall–Kier alpha value is -0.0800. The van der Waals surface area contributed by atoms with Crippen LogP contribution < -0.4 is 10.0 Å². The summed E-state index contributed by atoms with van der Waals surface area (Å²) in [6, 6.07) is 3.56. The van der Waals surface area contributed by atoms with Crippen molar-refractivity contribution in [3.8, 4) is 0 Å². The fraction of sp³-hybridized carbons (Fsp3) is 0.692. The number of hydrogen-bond donors (Lipinski definition) is 2. The van der Waals surface area contributed by atoms with Gasteiger partial charge in [-0.25, -0.2) is 13.1 Å². The smallest absolute Gasteiger partial charge is 0.250 e. The molecule has 0 radical (unpaired) electrons. The highest BCUT2D eigenvalue weighted by Crippen LogP contribution is 2.21. The predicted octanol–water partition coefficient (Wildman–Crippen LogP) is 2.67. The molecule has 116 valence electrons. The molecule has 1 heterocycles. The van der Waals surface area contributed by atoms with E-state index in [-0.39, 0.29) is 0 Å². The van der Waals surface area contributed by atoms with Crippen LogP contribution in [0.1, 0.15) is 31.1 Å². The van der Waals surface area contributed by atoms with Gasteiger partial charge in [0.05, 0.1) is 0 Å². The van der Waals surface area contributed by atoms with Crippen molar-refractivity contribution in [1.29, 1.82) is 0 Å². The molecule has 0 saturated carbocycles. The number of hydrogen-bond acceptors (Lipinski definition) is 5. The van der Waals surface area contributed by atoms with E-state index in [1.54, 1.807) is 6.07 Å². The van der Waals surface area contributed by atoms with Crippen LogP contribution in [0, 0.1) is 0 Å². The van der Waals surface area contributed by atoms with Gasteiger partial charge in [0.25, 0.3) is 0 Å². The molecule has 0 aliphatic heterocycles. The maximum Gasteiger partial charge on any atom is 0.250 e. The zero-order valence-corrected chi connectivity index (χ0v) is 14.6. The molecule has 0 bridgehead atoms. The minimum absolute atomic E-state index is 0.412. The first-order valence-corrected chi connectivity index (χ1v) is 10.6. The largest absolute Gasteiger partial charge is 0.312 e. The lowest BCUT2D eigenvalue weighted by Crippen LogP contribution is -2.24. The van der Waals surface area contributed by atoms with Crippen LogP contribution in [-0.4, -0.2) is 33.5 Å². The van der Waals surface area contributed by atoms with Crippen LogP contribution in [0.2, 0.25) is 0 Å². The third-order valence-corrected chi connectivity index (χ3v) is 6.50. The third kappa shape index (κ3) is 6.58. The molecule has 0 aliphatic rings. The third-order valence-electron chi connectivity index (χ3n) is 2.77. The Labute approximate surface area is 130 Å². The van der Waals surface area contributed by atoms with E-state index in [2.05, 4.69) is 16.3 Å². The second-order valence-electron chi connectivity index (χ2n) is 4.45. The summed E-state index contributed by atoms with van der Waals surface area (Å²) in [5.41, 5.74) is 0. The molecule has 0 aromatic carbocycles. The standard InChI is InChI=1S/C13H24N2O2S3/c1-3-14-11-12-7-8-13(19-12)20(16,17)15-9-5-4-6-10-18-2/h7-8,14-15H,3-6,9-11H2,1-2H3. The molecule has 1 aromatic rings. The van der Waals surface area contributed by atoms with E-state index in [1.807, 2.05) is 24.8 Å². The molecule has 0 fully saturated rings. The SMILES string of the molecule is CCNCc1ccc(S(=O)(=O)NCCCCCSC)s1. The average molecular weight is 337 g/mol. The minimum atomic E-state index is -3.32. The Morgan fingerprint density at radius 3 is 2.75 bits per heavy atom. The summed E-state index contributed by atoms with van der Waals surface area (Å²) < 4.78 is 27.3. The van der Waals surface area contributed by atoms with Crippen molar-refractivity contribution in [2.45, 2.75) is 36.9 Å². The minimum Gasteiger partial charge on any atom is -0.312 e. The average Bonchev–Trinajstić information content (AvgIpc) is 2.90. The van der Waals surface area contributed by atoms with Gasteiger partial charge in [0.1, 0.15) is 4.21 Å². The molecule has 0 unspecified atom stereocenters. The fourth-order valence-electron chi connectivity index (χ4n) is 1.67. The zero-order valence-electron chi connectivity index (χ0n) is 12.1. The molecule has 4 nitrogen and oxygen atoms in total. The molecule has 2 N–H and O–H groups in total. The van der Waals surface area contributed by atoms with Crippen LogP contribution in [-0.2, 0) is 16.6 Å². The Balaban J connectivity index is 2.38. The molecule has 0 spiro atoms. The van der Waals surface area contributed by atoms with Crippen molar-refractivity contribution in [3.63, 3.8) is 0 Å². The van der Waals surface area contributed by atoms with Gasteiger partial charge in [-0.2, -0.15) is 11.8 Å². The predicted molar refractivity (Wildman–Crippen MR) is 89.1 cm³/mol. The van der Waals surface area contributed by atoms with Gasteiger partial charge in [-0.1, -0.05) is 13.3 Å². The van der Waals surface area contributed by atoms with E-state index in [0.717, 1.165) is 43.0 Å². The monoisotopic (exact) mass is 336 g/mol. The van der Waals surface area contributed by atoms with Gasteiger partial charge in [0, 0.05) is 18.0 Å². The van der Waals surface area contributed by atoms with E-state index in [9.17, 15) is 8.42 Å². The summed E-state index contributed by atoms with van der Waals surface area (Å²) in [6.45, 7) is 4.17. The summed E-state index contributed by atoms with van der Waals surface area (Å²) in [6.07, 6.45) is 5.20. The molecule has 7 heteroatoms. The first kappa shape index (κ1) is 18.0. The van der Waals surface area contributed by atoms with Gasteiger partial charge in [0.2, 0.25) is 10.0 Å². The Morgan fingerprint density at radius 2 is 2.05 bits per heavy atom. The van der Waals surface area contributed by atoms with Gasteiger partial charge in [-0.05, 0) is 43.5 Å². The van der Waals surface area contributed by atoms with Gasteiger partial charge in [-0.3, -0.25) is 0 Å². The number of unbranched alkanes of at least 4 members (excludes halogenated alkanes) is 2. The Kier molecular flexibility index (Phi) is 8.79. The Bertz CT molecular complexity index is 472. The van der Waals surface area contributed by atoms with Crippen molar-refractivity contribution >= 4 is 33.1 Å². The molecule has 0 aliphatic carbocycles. The molecule has 0 saturated heterocycles. The maximum atomic E-state index is 12.1. The van der Waals surface area contributed by atoms with Gasteiger partial charge >= 0.3 is 0 Å². The molecular weight excluding hydrogens is 312 g/mol. The lowest BCUT2D eigenvalue weighted by atomic mass is 10.2. The number of thiophene rings is 1. The van der Waals surface area contributed by atoms with Crippen molar-refractivity contribution in [2.75, 3.05) is 25.1 Å². The number of nitrogens with one attached hydrogen (secondary N) is 2. The number of sulfonamides is 1. The van der Waals surface area contributed by atoms with Gasteiger partial charge < -0.3 is 5.32 Å². The first-order chi connectivity index (χ1) is 9.60. The van der Waals surface area contributed by atoms with Crippen LogP contribution in [0.3, 0.4) is 0 Å². The molecule has 1 rings (SSSR count). The summed E-state index contributed by atoms with van der Waals surface area (Å²) in [7, 11) is -3.32. The van der Waals surface area contributed by atoms with Gasteiger partial charge in [-0.15, -0.1) is 11.3 Å². The summed E-state index contributed by atoms with van der Waals surface area (Å²) in [5.74, 6) is 1.14. The van der Waals surface area contributed by atoms with Crippen LogP contribution >= 0.6 is 23.1 Å². The van der Waals surface area contributed by atoms with Crippen LogP contribution in [0.5, 0.6) is 0 Å². The highest BCUT2D eigenvalue weighted by Gasteiger charge is 2.15. The zero-order chi connectivity index (χ0) is 14.8.